The van der Waals surface area contributed by atoms with Crippen molar-refractivity contribution >= 4 is 32.6 Å². The van der Waals surface area contributed by atoms with Crippen LogP contribution in [0.15, 0.2) is 54.7 Å². The molecule has 0 N–H and O–H groups in total. The Morgan fingerprint density at radius 1 is 1.03 bits per heavy atom. The van der Waals surface area contributed by atoms with Gasteiger partial charge in [-0.05, 0) is 92.1 Å². The van der Waals surface area contributed by atoms with Gasteiger partial charge >= 0.3 is 0 Å². The van der Waals surface area contributed by atoms with Crippen LogP contribution in [0.5, 0.6) is 0 Å². The second-order valence-electron chi connectivity index (χ2n) is 8.33. The van der Waals surface area contributed by atoms with Crippen LogP contribution in [0.4, 0.5) is 5.13 Å². The molecule has 0 atom stereocenters. The van der Waals surface area contributed by atoms with Crippen LogP contribution in [0.2, 0.25) is 0 Å². The average Bonchev–Trinajstić information content (AvgIpc) is 3.21. The number of hydrogen-bond acceptors (Lipinski definition) is 4. The molecule has 4 aromatic rings. The van der Waals surface area contributed by atoms with E-state index in [1.165, 1.54) is 35.1 Å². The molecule has 5 rings (SSSR count). The van der Waals surface area contributed by atoms with Gasteiger partial charge in [0.05, 0.1) is 22.5 Å². The second kappa shape index (κ2) is 8.23. The van der Waals surface area contributed by atoms with E-state index in [0.717, 1.165) is 39.4 Å². The molecule has 31 heavy (non-hydrogen) atoms. The van der Waals surface area contributed by atoms with E-state index in [9.17, 15) is 4.79 Å². The Hall–Kier alpha value is -3.05. The lowest BCUT2D eigenvalue weighted by molar-refractivity contribution is 0.0984. The quantitative estimate of drug-likeness (QED) is 0.399. The fourth-order valence-electron chi connectivity index (χ4n) is 4.38. The molecule has 2 aromatic heterocycles. The molecule has 0 aliphatic heterocycles. The minimum absolute atomic E-state index is 0.0209. The maximum absolute atomic E-state index is 13.7. The topological polar surface area (TPSA) is 46.1 Å². The number of hydrogen-bond donors (Lipinski definition) is 0. The number of aromatic nitrogens is 2. The van der Waals surface area contributed by atoms with Crippen molar-refractivity contribution in [1.82, 2.24) is 9.97 Å². The normalized spacial score (nSPS) is 13.2. The SMILES string of the molecule is Cc1cc(C)c2sc(N(Cc3ccccn3)C(=O)c3ccc4c(c3)CCCC4)nc2c1. The Bertz CT molecular complexity index is 1260. The molecule has 1 aliphatic rings. The van der Waals surface area contributed by atoms with Crippen molar-refractivity contribution in [3.05, 3.63) is 88.2 Å². The standard InChI is InChI=1S/C26H25N3OS/c1-17-13-18(2)24-23(14-17)28-26(31-24)29(16-22-9-5-6-12-27-22)25(30)21-11-10-19-7-3-4-8-20(19)15-21/h5-6,9-15H,3-4,7-8,16H2,1-2H3. The zero-order valence-electron chi connectivity index (χ0n) is 17.9. The van der Waals surface area contributed by atoms with Gasteiger partial charge in [0.2, 0.25) is 0 Å². The third kappa shape index (κ3) is 3.98. The number of fused-ring (bicyclic) bond motifs is 2. The molecule has 5 heteroatoms. The Morgan fingerprint density at radius 2 is 1.87 bits per heavy atom. The van der Waals surface area contributed by atoms with Crippen LogP contribution in [0, 0.1) is 13.8 Å². The Kier molecular flexibility index (Phi) is 5.28. The highest BCUT2D eigenvalue weighted by Gasteiger charge is 2.24. The molecule has 0 fully saturated rings. The van der Waals surface area contributed by atoms with Crippen molar-refractivity contribution in [2.45, 2.75) is 46.1 Å². The van der Waals surface area contributed by atoms with E-state index in [1.807, 2.05) is 24.3 Å². The number of rotatable bonds is 4. The van der Waals surface area contributed by atoms with E-state index < -0.39 is 0 Å². The lowest BCUT2D eigenvalue weighted by Crippen LogP contribution is -2.31. The Labute approximate surface area is 186 Å². The molecule has 2 aromatic carbocycles. The number of nitrogens with zero attached hydrogens (tertiary/aromatic N) is 3. The molecular formula is C26H25N3OS. The van der Waals surface area contributed by atoms with Crippen molar-refractivity contribution in [3.8, 4) is 0 Å². The van der Waals surface area contributed by atoms with Gasteiger partial charge in [-0.3, -0.25) is 14.7 Å². The summed E-state index contributed by atoms with van der Waals surface area (Å²) in [6, 6.07) is 16.2. The summed E-state index contributed by atoms with van der Waals surface area (Å²) >= 11 is 1.58. The minimum atomic E-state index is -0.0209. The van der Waals surface area contributed by atoms with Crippen LogP contribution in [-0.4, -0.2) is 15.9 Å². The van der Waals surface area contributed by atoms with Gasteiger partial charge in [-0.15, -0.1) is 0 Å². The van der Waals surface area contributed by atoms with E-state index in [4.69, 9.17) is 4.98 Å². The number of pyridine rings is 1. The summed E-state index contributed by atoms with van der Waals surface area (Å²) in [4.78, 5) is 24.8. The maximum atomic E-state index is 13.7. The summed E-state index contributed by atoms with van der Waals surface area (Å²) < 4.78 is 1.13. The highest BCUT2D eigenvalue weighted by atomic mass is 32.1. The van der Waals surface area contributed by atoms with Crippen LogP contribution in [0.3, 0.4) is 0 Å². The lowest BCUT2D eigenvalue weighted by atomic mass is 9.90. The van der Waals surface area contributed by atoms with Crippen molar-refractivity contribution in [2.24, 2.45) is 0 Å². The molecule has 0 saturated carbocycles. The second-order valence-corrected chi connectivity index (χ2v) is 9.31. The van der Waals surface area contributed by atoms with Gasteiger partial charge in [-0.25, -0.2) is 4.98 Å². The number of carbonyl (C=O) groups excluding carboxylic acids is 1. The first-order valence-electron chi connectivity index (χ1n) is 10.8. The molecule has 0 saturated heterocycles. The lowest BCUT2D eigenvalue weighted by Gasteiger charge is -2.21. The van der Waals surface area contributed by atoms with Crippen LogP contribution >= 0.6 is 11.3 Å². The first kappa shape index (κ1) is 19.9. The van der Waals surface area contributed by atoms with Gasteiger partial charge in [0.1, 0.15) is 0 Å². The molecule has 0 radical (unpaired) electrons. The van der Waals surface area contributed by atoms with E-state index >= 15 is 0 Å². The Morgan fingerprint density at radius 3 is 2.68 bits per heavy atom. The van der Waals surface area contributed by atoms with Gasteiger partial charge in [0, 0.05) is 11.8 Å². The van der Waals surface area contributed by atoms with Crippen molar-refractivity contribution in [1.29, 1.82) is 0 Å². The molecule has 1 aliphatic carbocycles. The smallest absolute Gasteiger partial charge is 0.260 e. The maximum Gasteiger partial charge on any atom is 0.260 e. The van der Waals surface area contributed by atoms with E-state index in [0.29, 0.717) is 6.54 Å². The van der Waals surface area contributed by atoms with Crippen molar-refractivity contribution in [2.75, 3.05) is 4.90 Å². The molecule has 0 spiro atoms. The fraction of sp³-hybridized carbons (Fsp3) is 0.269. The third-order valence-corrected chi connectivity index (χ3v) is 7.16. The number of carbonyl (C=O) groups is 1. The van der Waals surface area contributed by atoms with Crippen molar-refractivity contribution < 1.29 is 4.79 Å². The molecule has 0 bridgehead atoms. The van der Waals surface area contributed by atoms with Crippen LogP contribution in [0.25, 0.3) is 10.2 Å². The predicted octanol–water partition coefficient (Wildman–Crippen LogP) is 6.03. The molecule has 1 amide bonds. The Balaban J connectivity index is 1.57. The molecular weight excluding hydrogens is 402 g/mol. The molecule has 156 valence electrons. The van der Waals surface area contributed by atoms with Gasteiger partial charge in [-0.2, -0.15) is 0 Å². The monoisotopic (exact) mass is 427 g/mol. The summed E-state index contributed by atoms with van der Waals surface area (Å²) in [5.74, 6) is -0.0209. The average molecular weight is 428 g/mol. The highest BCUT2D eigenvalue weighted by Crippen LogP contribution is 2.34. The minimum Gasteiger partial charge on any atom is -0.278 e. The largest absolute Gasteiger partial charge is 0.278 e. The summed E-state index contributed by atoms with van der Waals surface area (Å²) in [7, 11) is 0. The summed E-state index contributed by atoms with van der Waals surface area (Å²) in [6.45, 7) is 4.58. The molecule has 2 heterocycles. The summed E-state index contributed by atoms with van der Waals surface area (Å²) in [5.41, 5.74) is 7.58. The third-order valence-electron chi connectivity index (χ3n) is 5.93. The van der Waals surface area contributed by atoms with Crippen molar-refractivity contribution in [3.63, 3.8) is 0 Å². The van der Waals surface area contributed by atoms with Crippen LogP contribution in [-0.2, 0) is 19.4 Å². The number of amides is 1. The molecule has 0 unspecified atom stereocenters. The van der Waals surface area contributed by atoms with Crippen LogP contribution < -0.4 is 4.90 Å². The van der Waals surface area contributed by atoms with E-state index in [1.54, 1.807) is 22.4 Å². The number of anilines is 1. The zero-order chi connectivity index (χ0) is 21.4. The van der Waals surface area contributed by atoms with Gasteiger partial charge in [-0.1, -0.05) is 29.5 Å². The predicted molar refractivity (Wildman–Crippen MR) is 127 cm³/mol. The zero-order valence-corrected chi connectivity index (χ0v) is 18.7. The molecule has 4 nitrogen and oxygen atoms in total. The first-order valence-corrected chi connectivity index (χ1v) is 11.6. The number of aryl methyl sites for hydroxylation is 4. The van der Waals surface area contributed by atoms with Gasteiger partial charge in [0.15, 0.2) is 5.13 Å². The van der Waals surface area contributed by atoms with Crippen LogP contribution in [0.1, 0.15) is 51.1 Å². The van der Waals surface area contributed by atoms with Gasteiger partial charge < -0.3 is 0 Å². The number of benzene rings is 2. The van der Waals surface area contributed by atoms with Gasteiger partial charge in [0.25, 0.3) is 5.91 Å². The van der Waals surface area contributed by atoms with E-state index in [2.05, 4.69) is 43.1 Å². The van der Waals surface area contributed by atoms with E-state index in [-0.39, 0.29) is 5.91 Å². The summed E-state index contributed by atoms with van der Waals surface area (Å²) in [5, 5.41) is 0.720. The fourth-order valence-corrected chi connectivity index (χ4v) is 5.40. The first-order chi connectivity index (χ1) is 15.1. The highest BCUT2D eigenvalue weighted by molar-refractivity contribution is 7.22. The number of thiazole rings is 1. The summed E-state index contributed by atoms with van der Waals surface area (Å²) in [6.07, 6.45) is 6.35.